The van der Waals surface area contributed by atoms with Crippen LogP contribution < -0.4 is 10.1 Å². The second kappa shape index (κ2) is 5.52. The molecular weight excluding hydrogens is 297 g/mol. The van der Waals surface area contributed by atoms with Gasteiger partial charge in [-0.05, 0) is 12.1 Å². The lowest BCUT2D eigenvalue weighted by atomic mass is 10.1. The number of ether oxygens (including phenoxy) is 1. The number of carboxylic acids is 1. The Kier molecular flexibility index (Phi) is 4.58. The lowest BCUT2D eigenvalue weighted by Gasteiger charge is -2.12. The van der Waals surface area contributed by atoms with Gasteiger partial charge < -0.3 is 9.84 Å². The van der Waals surface area contributed by atoms with Gasteiger partial charge in [-0.15, -0.1) is 12.4 Å². The number of nitrogens with one attached hydrogen (secondary N) is 1. The number of aliphatic carboxylic acids is 1. The van der Waals surface area contributed by atoms with Crippen molar-refractivity contribution in [2.45, 2.75) is 6.04 Å². The summed E-state index contributed by atoms with van der Waals surface area (Å²) < 4.78 is 6.34. The van der Waals surface area contributed by atoms with Crippen LogP contribution in [0.25, 0.3) is 0 Å². The van der Waals surface area contributed by atoms with Crippen molar-refractivity contribution in [3.8, 4) is 5.75 Å². The van der Waals surface area contributed by atoms with Crippen LogP contribution in [-0.2, 0) is 4.79 Å². The normalized spacial score (nSPS) is 18.7. The third-order valence-corrected chi connectivity index (χ3v) is 2.73. The van der Waals surface area contributed by atoms with Crippen molar-refractivity contribution in [1.29, 1.82) is 0 Å². The highest BCUT2D eigenvalue weighted by molar-refractivity contribution is 9.10. The Bertz CT molecular complexity index is 400. The van der Waals surface area contributed by atoms with Gasteiger partial charge in [-0.1, -0.05) is 22.0 Å². The van der Waals surface area contributed by atoms with Gasteiger partial charge >= 0.3 is 5.97 Å². The van der Waals surface area contributed by atoms with E-state index in [9.17, 15) is 4.79 Å². The zero-order valence-electron chi connectivity index (χ0n) is 8.27. The van der Waals surface area contributed by atoms with Gasteiger partial charge in [0.2, 0.25) is 0 Å². The molecule has 2 rings (SSSR count). The molecule has 16 heavy (non-hydrogen) atoms. The van der Waals surface area contributed by atoms with Gasteiger partial charge in [-0.2, -0.15) is 0 Å². The summed E-state index contributed by atoms with van der Waals surface area (Å²) in [5, 5.41) is 12.0. The Hall–Kier alpha value is -0.780. The molecule has 0 amide bonds. The number of fused-ring (bicyclic) bond motifs is 1. The van der Waals surface area contributed by atoms with Gasteiger partial charge in [0.1, 0.15) is 18.4 Å². The van der Waals surface area contributed by atoms with Crippen LogP contribution in [0.4, 0.5) is 0 Å². The van der Waals surface area contributed by atoms with Gasteiger partial charge in [0, 0.05) is 16.6 Å². The molecule has 1 unspecified atom stereocenters. The predicted molar refractivity (Wildman–Crippen MR) is 65.3 cm³/mol. The van der Waals surface area contributed by atoms with Crippen LogP contribution >= 0.6 is 28.3 Å². The second-order valence-corrected chi connectivity index (χ2v) is 4.17. The Morgan fingerprint density at radius 1 is 1.56 bits per heavy atom. The average molecular weight is 309 g/mol. The maximum atomic E-state index is 11.0. The minimum atomic E-state index is -0.885. The summed E-state index contributed by atoms with van der Waals surface area (Å²) in [5.74, 6) is -0.258. The van der Waals surface area contributed by atoms with E-state index in [0.717, 1.165) is 4.47 Å². The van der Waals surface area contributed by atoms with Crippen LogP contribution in [0.2, 0.25) is 0 Å². The molecule has 6 heteroatoms. The topological polar surface area (TPSA) is 58.6 Å². The lowest BCUT2D eigenvalue weighted by Crippen LogP contribution is -2.29. The third-order valence-electron chi connectivity index (χ3n) is 2.24. The van der Waals surface area contributed by atoms with E-state index in [-0.39, 0.29) is 12.4 Å². The van der Waals surface area contributed by atoms with Crippen LogP contribution in [0.3, 0.4) is 0 Å². The van der Waals surface area contributed by atoms with E-state index >= 15 is 0 Å². The van der Waals surface area contributed by atoms with E-state index < -0.39 is 12.0 Å². The molecule has 0 saturated carbocycles. The Morgan fingerprint density at radius 2 is 2.31 bits per heavy atom. The summed E-state index contributed by atoms with van der Waals surface area (Å²) in [6, 6.07) is 4.68. The lowest BCUT2D eigenvalue weighted by molar-refractivity contribution is -0.139. The van der Waals surface area contributed by atoms with Gasteiger partial charge in [0.05, 0.1) is 0 Å². The molecule has 1 heterocycles. The van der Waals surface area contributed by atoms with Crippen molar-refractivity contribution in [3.63, 3.8) is 0 Å². The number of carboxylic acid groups (broad SMARTS) is 1. The molecule has 2 N–H and O–H groups in total. The molecule has 1 aliphatic rings. The predicted octanol–water partition coefficient (Wildman–Crippen LogP) is 1.98. The average Bonchev–Trinajstić information content (AvgIpc) is 2.38. The van der Waals surface area contributed by atoms with Crippen LogP contribution in [0.5, 0.6) is 5.75 Å². The first-order chi connectivity index (χ1) is 7.18. The number of carbonyl (C=O) groups is 1. The minimum Gasteiger partial charge on any atom is -0.492 e. The summed E-state index contributed by atoms with van der Waals surface area (Å²) >= 11 is 3.33. The maximum Gasteiger partial charge on any atom is 0.325 e. The van der Waals surface area contributed by atoms with Crippen molar-refractivity contribution >= 4 is 34.3 Å². The maximum absolute atomic E-state index is 11.0. The SMILES string of the molecule is Cl.O=C(O)C1NCCOc2cc(Br)ccc21. The molecule has 0 saturated heterocycles. The van der Waals surface area contributed by atoms with E-state index in [2.05, 4.69) is 21.2 Å². The third kappa shape index (κ3) is 2.66. The largest absolute Gasteiger partial charge is 0.492 e. The number of halogens is 2. The fourth-order valence-electron chi connectivity index (χ4n) is 1.57. The number of hydrogen-bond acceptors (Lipinski definition) is 3. The molecule has 0 radical (unpaired) electrons. The quantitative estimate of drug-likeness (QED) is 0.833. The molecular formula is C10H11BrClNO3. The van der Waals surface area contributed by atoms with Gasteiger partial charge in [-0.25, -0.2) is 0 Å². The molecule has 0 spiro atoms. The highest BCUT2D eigenvalue weighted by atomic mass is 79.9. The fraction of sp³-hybridized carbons (Fsp3) is 0.300. The smallest absolute Gasteiger partial charge is 0.325 e. The first-order valence-corrected chi connectivity index (χ1v) is 5.36. The van der Waals surface area contributed by atoms with E-state index in [0.29, 0.717) is 24.5 Å². The van der Waals surface area contributed by atoms with E-state index in [4.69, 9.17) is 9.84 Å². The van der Waals surface area contributed by atoms with Crippen LogP contribution in [0, 0.1) is 0 Å². The van der Waals surface area contributed by atoms with Crippen molar-refractivity contribution in [2.24, 2.45) is 0 Å². The zero-order chi connectivity index (χ0) is 10.8. The van der Waals surface area contributed by atoms with Crippen molar-refractivity contribution < 1.29 is 14.6 Å². The summed E-state index contributed by atoms with van der Waals surface area (Å²) in [5.41, 5.74) is 0.670. The molecule has 0 fully saturated rings. The van der Waals surface area contributed by atoms with Crippen LogP contribution in [0.1, 0.15) is 11.6 Å². The van der Waals surface area contributed by atoms with Gasteiger partial charge in [0.15, 0.2) is 0 Å². The molecule has 1 aromatic rings. The van der Waals surface area contributed by atoms with Crippen molar-refractivity contribution in [1.82, 2.24) is 5.32 Å². The highest BCUT2D eigenvalue weighted by Gasteiger charge is 2.25. The molecule has 1 aromatic carbocycles. The van der Waals surface area contributed by atoms with Crippen molar-refractivity contribution in [3.05, 3.63) is 28.2 Å². The Morgan fingerprint density at radius 3 is 3.00 bits per heavy atom. The monoisotopic (exact) mass is 307 g/mol. The molecule has 0 aromatic heterocycles. The van der Waals surface area contributed by atoms with E-state index in [1.807, 2.05) is 6.07 Å². The second-order valence-electron chi connectivity index (χ2n) is 3.26. The molecule has 4 nitrogen and oxygen atoms in total. The number of hydrogen-bond donors (Lipinski definition) is 2. The minimum absolute atomic E-state index is 0. The number of rotatable bonds is 1. The van der Waals surface area contributed by atoms with Crippen LogP contribution in [0.15, 0.2) is 22.7 Å². The summed E-state index contributed by atoms with van der Waals surface area (Å²) in [4.78, 5) is 11.0. The zero-order valence-corrected chi connectivity index (χ0v) is 10.7. The molecule has 1 atom stereocenters. The standard InChI is InChI=1S/C10H10BrNO3.ClH/c11-6-1-2-7-8(5-6)15-4-3-12-9(7)10(13)14;/h1-2,5,9,12H,3-4H2,(H,13,14);1H. The molecule has 0 aliphatic carbocycles. The summed E-state index contributed by atoms with van der Waals surface area (Å²) in [6.45, 7) is 1.01. The summed E-state index contributed by atoms with van der Waals surface area (Å²) in [7, 11) is 0. The highest BCUT2D eigenvalue weighted by Crippen LogP contribution is 2.30. The Labute approximate surface area is 108 Å². The Balaban J connectivity index is 0.00000128. The van der Waals surface area contributed by atoms with Gasteiger partial charge in [-0.3, -0.25) is 10.1 Å². The molecule has 1 aliphatic heterocycles. The molecule has 0 bridgehead atoms. The van der Waals surface area contributed by atoms with Crippen LogP contribution in [-0.4, -0.2) is 24.2 Å². The van der Waals surface area contributed by atoms with E-state index in [1.54, 1.807) is 12.1 Å². The fourth-order valence-corrected chi connectivity index (χ4v) is 1.91. The first kappa shape index (κ1) is 13.3. The first-order valence-electron chi connectivity index (χ1n) is 4.57. The van der Waals surface area contributed by atoms with Gasteiger partial charge in [0.25, 0.3) is 0 Å². The van der Waals surface area contributed by atoms with E-state index in [1.165, 1.54) is 0 Å². The van der Waals surface area contributed by atoms with Crippen molar-refractivity contribution in [2.75, 3.05) is 13.2 Å². The summed E-state index contributed by atoms with van der Waals surface area (Å²) in [6.07, 6.45) is 0. The number of benzene rings is 1. The molecule has 88 valence electrons.